The van der Waals surface area contributed by atoms with Crippen LogP contribution >= 0.6 is 23.6 Å². The second kappa shape index (κ2) is 9.46. The van der Waals surface area contributed by atoms with E-state index >= 15 is 0 Å². The van der Waals surface area contributed by atoms with Crippen LogP contribution in [0.15, 0.2) is 6.07 Å². The summed E-state index contributed by atoms with van der Waals surface area (Å²) in [6.45, 7) is 8.42. The van der Waals surface area contributed by atoms with Gasteiger partial charge in [0, 0.05) is 34.2 Å². The summed E-state index contributed by atoms with van der Waals surface area (Å²) in [5.74, 6) is 0.993. The highest BCUT2D eigenvalue weighted by molar-refractivity contribution is 7.80. The molecule has 0 spiro atoms. The predicted molar refractivity (Wildman–Crippen MR) is 110 cm³/mol. The standard InChI is InChI=1S/C19H29N3O2S2/c1-11-6-5-7-16(13(11)3)20-19(25)22-21-18(24)9-8-17(23)15-10-12(2)26-14(15)4/h10-11,13,16H,5-9H2,1-4H3,(H,21,24)(H2,20,22,25)/t11-,13+,16-/m1/s1. The molecule has 1 aromatic heterocycles. The highest BCUT2D eigenvalue weighted by Crippen LogP contribution is 2.29. The van der Waals surface area contributed by atoms with Crippen molar-refractivity contribution in [2.24, 2.45) is 11.8 Å². The topological polar surface area (TPSA) is 70.2 Å². The van der Waals surface area contributed by atoms with Crippen molar-refractivity contribution < 1.29 is 9.59 Å². The largest absolute Gasteiger partial charge is 0.358 e. The molecule has 1 saturated carbocycles. The van der Waals surface area contributed by atoms with Gasteiger partial charge in [0.1, 0.15) is 0 Å². The summed E-state index contributed by atoms with van der Waals surface area (Å²) in [6.07, 6.45) is 3.88. The molecular weight excluding hydrogens is 366 g/mol. The van der Waals surface area contributed by atoms with Crippen LogP contribution in [0, 0.1) is 25.7 Å². The zero-order chi connectivity index (χ0) is 19.3. The normalized spacial score (nSPS) is 22.5. The van der Waals surface area contributed by atoms with Crippen LogP contribution in [0.4, 0.5) is 0 Å². The lowest BCUT2D eigenvalue weighted by atomic mass is 9.78. The van der Waals surface area contributed by atoms with Gasteiger partial charge in [0.05, 0.1) is 0 Å². The van der Waals surface area contributed by atoms with Gasteiger partial charge >= 0.3 is 0 Å². The number of carbonyl (C=O) groups excluding carboxylic acids is 2. The Bertz CT molecular complexity index is 672. The molecule has 3 N–H and O–H groups in total. The first-order valence-corrected chi connectivity index (χ1v) is 10.5. The van der Waals surface area contributed by atoms with Gasteiger partial charge < -0.3 is 5.32 Å². The van der Waals surface area contributed by atoms with Crippen molar-refractivity contribution in [2.45, 2.75) is 65.8 Å². The lowest BCUT2D eigenvalue weighted by molar-refractivity contribution is -0.121. The molecule has 3 atom stereocenters. The minimum absolute atomic E-state index is 0.00715. The number of aryl methyl sites for hydroxylation is 2. The molecule has 0 bridgehead atoms. The summed E-state index contributed by atoms with van der Waals surface area (Å²) in [5, 5.41) is 3.73. The Balaban J connectivity index is 1.70. The molecule has 1 aromatic rings. The van der Waals surface area contributed by atoms with Crippen molar-refractivity contribution in [3.05, 3.63) is 21.4 Å². The van der Waals surface area contributed by atoms with E-state index in [0.717, 1.165) is 21.7 Å². The molecule has 1 fully saturated rings. The molecule has 1 aliphatic rings. The molecule has 0 saturated heterocycles. The highest BCUT2D eigenvalue weighted by Gasteiger charge is 2.27. The van der Waals surface area contributed by atoms with Crippen LogP contribution in [0.2, 0.25) is 0 Å². The summed E-state index contributed by atoms with van der Waals surface area (Å²) in [6, 6.07) is 2.23. The molecule has 2 rings (SSSR count). The van der Waals surface area contributed by atoms with E-state index in [4.69, 9.17) is 12.2 Å². The third kappa shape index (κ3) is 5.77. The Kier molecular flexibility index (Phi) is 7.58. The van der Waals surface area contributed by atoms with E-state index in [9.17, 15) is 9.59 Å². The zero-order valence-electron chi connectivity index (χ0n) is 16.0. The summed E-state index contributed by atoms with van der Waals surface area (Å²) in [4.78, 5) is 26.3. The van der Waals surface area contributed by atoms with E-state index in [1.54, 1.807) is 11.3 Å². The van der Waals surface area contributed by atoms with E-state index in [1.807, 2.05) is 19.9 Å². The third-order valence-electron chi connectivity index (χ3n) is 5.26. The number of ketones is 1. The Hall–Kier alpha value is -1.47. The van der Waals surface area contributed by atoms with Crippen LogP contribution in [-0.4, -0.2) is 22.8 Å². The van der Waals surface area contributed by atoms with Gasteiger partial charge in [-0.05, 0) is 50.4 Å². The number of Topliss-reactive ketones (excluding diaryl/α,β-unsaturated/α-hetero) is 1. The second-order valence-corrected chi connectivity index (χ2v) is 9.14. The van der Waals surface area contributed by atoms with Gasteiger partial charge in [-0.1, -0.05) is 26.7 Å². The average Bonchev–Trinajstić information content (AvgIpc) is 2.93. The summed E-state index contributed by atoms with van der Waals surface area (Å²) >= 11 is 6.88. The predicted octanol–water partition coefficient (Wildman–Crippen LogP) is 3.65. The fourth-order valence-electron chi connectivity index (χ4n) is 3.45. The van der Waals surface area contributed by atoms with E-state index in [2.05, 4.69) is 30.0 Å². The summed E-state index contributed by atoms with van der Waals surface area (Å²) < 4.78 is 0. The molecule has 0 unspecified atom stereocenters. The fraction of sp³-hybridized carbons (Fsp3) is 0.632. The van der Waals surface area contributed by atoms with E-state index in [-0.39, 0.29) is 24.5 Å². The first kappa shape index (κ1) is 20.8. The van der Waals surface area contributed by atoms with E-state index in [1.165, 1.54) is 12.8 Å². The maximum atomic E-state index is 12.2. The number of rotatable bonds is 5. The Morgan fingerprint density at radius 1 is 1.19 bits per heavy atom. The van der Waals surface area contributed by atoms with E-state index in [0.29, 0.717) is 23.0 Å². The summed E-state index contributed by atoms with van der Waals surface area (Å²) in [5.41, 5.74) is 6.07. The van der Waals surface area contributed by atoms with Crippen molar-refractivity contribution in [1.29, 1.82) is 0 Å². The van der Waals surface area contributed by atoms with Crippen molar-refractivity contribution in [2.75, 3.05) is 0 Å². The van der Waals surface area contributed by atoms with Gasteiger partial charge in [0.2, 0.25) is 5.91 Å². The third-order valence-corrected chi connectivity index (χ3v) is 6.45. The molecular formula is C19H29N3O2S2. The van der Waals surface area contributed by atoms with Gasteiger partial charge in [0.25, 0.3) is 0 Å². The Morgan fingerprint density at radius 2 is 1.92 bits per heavy atom. The molecule has 0 aromatic carbocycles. The number of nitrogens with one attached hydrogen (secondary N) is 3. The molecule has 5 nitrogen and oxygen atoms in total. The molecule has 7 heteroatoms. The lowest BCUT2D eigenvalue weighted by Crippen LogP contribution is -2.52. The number of hydrazine groups is 1. The molecule has 0 aliphatic heterocycles. The lowest BCUT2D eigenvalue weighted by Gasteiger charge is -2.35. The smallest absolute Gasteiger partial charge is 0.238 e. The minimum atomic E-state index is -0.239. The van der Waals surface area contributed by atoms with Gasteiger partial charge in [-0.15, -0.1) is 11.3 Å². The zero-order valence-corrected chi connectivity index (χ0v) is 17.6. The monoisotopic (exact) mass is 395 g/mol. The minimum Gasteiger partial charge on any atom is -0.358 e. The fourth-order valence-corrected chi connectivity index (χ4v) is 4.59. The quantitative estimate of drug-likeness (QED) is 0.403. The molecule has 1 aliphatic carbocycles. The highest BCUT2D eigenvalue weighted by atomic mass is 32.1. The maximum Gasteiger partial charge on any atom is 0.238 e. The Labute approximate surface area is 165 Å². The van der Waals surface area contributed by atoms with Gasteiger partial charge in [0.15, 0.2) is 10.9 Å². The number of amides is 1. The van der Waals surface area contributed by atoms with Crippen LogP contribution in [-0.2, 0) is 4.79 Å². The van der Waals surface area contributed by atoms with Gasteiger partial charge in [-0.3, -0.25) is 20.4 Å². The second-order valence-electron chi connectivity index (χ2n) is 7.27. The van der Waals surface area contributed by atoms with Crippen molar-refractivity contribution in [3.63, 3.8) is 0 Å². The number of carbonyl (C=O) groups is 2. The maximum absolute atomic E-state index is 12.2. The molecule has 1 heterocycles. The van der Waals surface area contributed by atoms with Gasteiger partial charge in [-0.2, -0.15) is 0 Å². The molecule has 1 amide bonds. The molecule has 26 heavy (non-hydrogen) atoms. The van der Waals surface area contributed by atoms with Crippen LogP contribution in [0.5, 0.6) is 0 Å². The first-order chi connectivity index (χ1) is 12.3. The number of hydrogen-bond acceptors (Lipinski definition) is 4. The van der Waals surface area contributed by atoms with Gasteiger partial charge in [-0.25, -0.2) is 0 Å². The van der Waals surface area contributed by atoms with Crippen molar-refractivity contribution >= 4 is 40.4 Å². The Morgan fingerprint density at radius 3 is 2.58 bits per heavy atom. The van der Waals surface area contributed by atoms with Crippen molar-refractivity contribution in [3.8, 4) is 0 Å². The SMILES string of the molecule is Cc1cc(C(=O)CCC(=O)NNC(=S)N[C@@H]2CCC[C@@H](C)[C@@H]2C)c(C)s1. The van der Waals surface area contributed by atoms with Crippen molar-refractivity contribution in [1.82, 2.24) is 16.2 Å². The number of thiocarbonyl (C=S) groups is 1. The summed E-state index contributed by atoms with van der Waals surface area (Å²) in [7, 11) is 0. The van der Waals surface area contributed by atoms with Crippen LogP contribution in [0.3, 0.4) is 0 Å². The van der Waals surface area contributed by atoms with Crippen LogP contribution in [0.25, 0.3) is 0 Å². The number of hydrogen-bond donors (Lipinski definition) is 3. The van der Waals surface area contributed by atoms with Crippen LogP contribution < -0.4 is 16.2 Å². The van der Waals surface area contributed by atoms with Crippen LogP contribution in [0.1, 0.15) is 66.1 Å². The number of thiophene rings is 1. The molecule has 144 valence electrons. The molecule has 0 radical (unpaired) electrons. The first-order valence-electron chi connectivity index (χ1n) is 9.23. The van der Waals surface area contributed by atoms with E-state index < -0.39 is 0 Å². The average molecular weight is 396 g/mol.